The first kappa shape index (κ1) is 16.9. The van der Waals surface area contributed by atoms with E-state index >= 15 is 0 Å². The first-order valence-corrected chi connectivity index (χ1v) is 9.65. The summed E-state index contributed by atoms with van der Waals surface area (Å²) in [5.74, 6) is 0. The number of sulfonamides is 1. The van der Waals surface area contributed by atoms with Gasteiger partial charge in [0.1, 0.15) is 0 Å². The van der Waals surface area contributed by atoms with Gasteiger partial charge in [-0.05, 0) is 39.4 Å². The molecule has 0 bridgehead atoms. The number of likely N-dealkylation sites (N-methyl/N-ethyl adjacent to an activating group) is 1. The van der Waals surface area contributed by atoms with Crippen molar-refractivity contribution in [1.82, 2.24) is 9.21 Å². The van der Waals surface area contributed by atoms with E-state index in [-0.39, 0.29) is 6.04 Å². The second-order valence-electron chi connectivity index (χ2n) is 5.63. The van der Waals surface area contributed by atoms with Crippen LogP contribution in [-0.4, -0.2) is 50.3 Å². The highest BCUT2D eigenvalue weighted by molar-refractivity contribution is 7.89. The van der Waals surface area contributed by atoms with E-state index in [4.69, 9.17) is 5.73 Å². The first-order chi connectivity index (χ1) is 9.90. The summed E-state index contributed by atoms with van der Waals surface area (Å²) in [7, 11) is -1.37. The van der Waals surface area contributed by atoms with Gasteiger partial charge in [-0.2, -0.15) is 4.31 Å². The Morgan fingerprint density at radius 2 is 2.14 bits per heavy atom. The molecular formula is C14H25N3O2S2. The van der Waals surface area contributed by atoms with Crippen LogP contribution < -0.4 is 5.73 Å². The van der Waals surface area contributed by atoms with Gasteiger partial charge in [-0.15, -0.1) is 11.3 Å². The van der Waals surface area contributed by atoms with E-state index in [1.807, 2.05) is 6.92 Å². The molecule has 5 nitrogen and oxygen atoms in total. The summed E-state index contributed by atoms with van der Waals surface area (Å²) in [5.41, 5.74) is 5.65. The SMILES string of the molecule is CCC1CN(C)CCCN1S(=O)(=O)c1cc(CN)sc1C. The lowest BCUT2D eigenvalue weighted by atomic mass is 10.2. The number of hydrogen-bond donors (Lipinski definition) is 1. The predicted molar refractivity (Wildman–Crippen MR) is 87.0 cm³/mol. The van der Waals surface area contributed by atoms with Crippen LogP contribution in [-0.2, 0) is 16.6 Å². The number of aryl methyl sites for hydroxylation is 1. The quantitative estimate of drug-likeness (QED) is 0.910. The monoisotopic (exact) mass is 331 g/mol. The number of thiophene rings is 1. The van der Waals surface area contributed by atoms with Crippen LogP contribution in [0.25, 0.3) is 0 Å². The van der Waals surface area contributed by atoms with Crippen LogP contribution in [0.2, 0.25) is 0 Å². The lowest BCUT2D eigenvalue weighted by Crippen LogP contribution is -2.43. The van der Waals surface area contributed by atoms with Crippen molar-refractivity contribution in [2.75, 3.05) is 26.7 Å². The van der Waals surface area contributed by atoms with Crippen molar-refractivity contribution in [2.45, 2.75) is 44.2 Å². The Balaban J connectivity index is 2.38. The number of rotatable bonds is 4. The zero-order chi connectivity index (χ0) is 15.6. The fourth-order valence-corrected chi connectivity index (χ4v) is 6.09. The summed E-state index contributed by atoms with van der Waals surface area (Å²) in [5, 5.41) is 0. The lowest BCUT2D eigenvalue weighted by molar-refractivity contribution is 0.270. The van der Waals surface area contributed by atoms with Crippen LogP contribution in [0.4, 0.5) is 0 Å². The van der Waals surface area contributed by atoms with Crippen molar-refractivity contribution in [3.8, 4) is 0 Å². The van der Waals surface area contributed by atoms with Gasteiger partial charge in [0.2, 0.25) is 10.0 Å². The van der Waals surface area contributed by atoms with E-state index in [1.165, 1.54) is 11.3 Å². The topological polar surface area (TPSA) is 66.6 Å². The Labute approximate surface area is 131 Å². The van der Waals surface area contributed by atoms with E-state index in [9.17, 15) is 8.42 Å². The van der Waals surface area contributed by atoms with E-state index in [0.717, 1.165) is 35.7 Å². The highest BCUT2D eigenvalue weighted by atomic mass is 32.2. The molecule has 1 atom stereocenters. The van der Waals surface area contributed by atoms with Gasteiger partial charge in [0, 0.05) is 35.4 Å². The highest BCUT2D eigenvalue weighted by Crippen LogP contribution is 2.30. The maximum atomic E-state index is 13.0. The van der Waals surface area contributed by atoms with E-state index < -0.39 is 10.0 Å². The highest BCUT2D eigenvalue weighted by Gasteiger charge is 2.34. The third-order valence-corrected chi connectivity index (χ3v) is 7.31. The average Bonchev–Trinajstić information content (AvgIpc) is 2.71. The van der Waals surface area contributed by atoms with E-state index in [1.54, 1.807) is 10.4 Å². The predicted octanol–water partition coefficient (Wildman–Crippen LogP) is 1.62. The molecule has 1 aromatic heterocycles. The van der Waals surface area contributed by atoms with Gasteiger partial charge in [-0.1, -0.05) is 6.92 Å². The normalized spacial score (nSPS) is 22.4. The number of hydrogen-bond acceptors (Lipinski definition) is 5. The molecule has 1 aliphatic rings. The number of nitrogens with zero attached hydrogens (tertiary/aromatic N) is 2. The number of nitrogens with two attached hydrogens (primary N) is 1. The summed E-state index contributed by atoms with van der Waals surface area (Å²) in [4.78, 5) is 4.42. The lowest BCUT2D eigenvalue weighted by Gasteiger charge is -2.29. The Hall–Kier alpha value is -0.470. The van der Waals surface area contributed by atoms with Gasteiger partial charge < -0.3 is 10.6 Å². The molecule has 1 saturated heterocycles. The molecule has 2 heterocycles. The molecule has 2 N–H and O–H groups in total. The Bertz CT molecular complexity index is 583. The van der Waals surface area contributed by atoms with Crippen LogP contribution in [0.3, 0.4) is 0 Å². The van der Waals surface area contributed by atoms with Gasteiger partial charge in [-0.25, -0.2) is 8.42 Å². The molecule has 21 heavy (non-hydrogen) atoms. The van der Waals surface area contributed by atoms with Gasteiger partial charge in [0.15, 0.2) is 0 Å². The summed E-state index contributed by atoms with van der Waals surface area (Å²) in [6.45, 7) is 6.64. The third kappa shape index (κ3) is 3.48. The van der Waals surface area contributed by atoms with Crippen LogP contribution in [0.15, 0.2) is 11.0 Å². The Morgan fingerprint density at radius 3 is 2.71 bits per heavy atom. The minimum Gasteiger partial charge on any atom is -0.326 e. The molecule has 120 valence electrons. The second-order valence-corrected chi connectivity index (χ2v) is 8.83. The van der Waals surface area contributed by atoms with Gasteiger partial charge in [0.25, 0.3) is 0 Å². The molecule has 2 rings (SSSR count). The fourth-order valence-electron chi connectivity index (χ4n) is 2.88. The van der Waals surface area contributed by atoms with Crippen molar-refractivity contribution in [2.24, 2.45) is 5.73 Å². The minimum atomic E-state index is -3.43. The van der Waals surface area contributed by atoms with Crippen LogP contribution in [0.5, 0.6) is 0 Å². The standard InChI is InChI=1S/C14H25N3O2S2/c1-4-12-10-16(3)6-5-7-17(12)21(18,19)14-8-13(9-15)20-11(14)2/h8,12H,4-7,9-10,15H2,1-3H3. The van der Waals surface area contributed by atoms with Crippen LogP contribution in [0, 0.1) is 6.92 Å². The van der Waals surface area contributed by atoms with Crippen LogP contribution >= 0.6 is 11.3 Å². The first-order valence-electron chi connectivity index (χ1n) is 7.40. The van der Waals surface area contributed by atoms with Gasteiger partial charge in [-0.3, -0.25) is 0 Å². The molecular weight excluding hydrogens is 306 g/mol. The van der Waals surface area contributed by atoms with Gasteiger partial charge >= 0.3 is 0 Å². The van der Waals surface area contributed by atoms with Gasteiger partial charge in [0.05, 0.1) is 4.90 Å². The van der Waals surface area contributed by atoms with E-state index in [2.05, 4.69) is 18.9 Å². The molecule has 1 fully saturated rings. The molecule has 0 aromatic carbocycles. The Morgan fingerprint density at radius 1 is 1.43 bits per heavy atom. The molecule has 1 unspecified atom stereocenters. The second kappa shape index (κ2) is 6.75. The molecule has 7 heteroatoms. The molecule has 0 aliphatic carbocycles. The zero-order valence-electron chi connectivity index (χ0n) is 13.0. The molecule has 0 spiro atoms. The molecule has 1 aliphatic heterocycles. The molecule has 0 saturated carbocycles. The Kier molecular flexibility index (Phi) is 5.43. The third-order valence-electron chi connectivity index (χ3n) is 4.03. The maximum Gasteiger partial charge on any atom is 0.244 e. The summed E-state index contributed by atoms with van der Waals surface area (Å²) in [6.07, 6.45) is 1.70. The molecule has 0 amide bonds. The summed E-state index contributed by atoms with van der Waals surface area (Å²) >= 11 is 1.48. The van der Waals surface area contributed by atoms with Crippen molar-refractivity contribution in [3.63, 3.8) is 0 Å². The van der Waals surface area contributed by atoms with Crippen molar-refractivity contribution in [3.05, 3.63) is 15.8 Å². The summed E-state index contributed by atoms with van der Waals surface area (Å²) in [6, 6.07) is 1.79. The van der Waals surface area contributed by atoms with Crippen molar-refractivity contribution < 1.29 is 8.42 Å². The zero-order valence-corrected chi connectivity index (χ0v) is 14.6. The molecule has 0 radical (unpaired) electrons. The van der Waals surface area contributed by atoms with Crippen molar-refractivity contribution in [1.29, 1.82) is 0 Å². The smallest absolute Gasteiger partial charge is 0.244 e. The average molecular weight is 332 g/mol. The van der Waals surface area contributed by atoms with Crippen LogP contribution in [0.1, 0.15) is 29.5 Å². The minimum absolute atomic E-state index is 0.0446. The molecule has 1 aromatic rings. The van der Waals surface area contributed by atoms with Crippen molar-refractivity contribution >= 4 is 21.4 Å². The fraction of sp³-hybridized carbons (Fsp3) is 0.714. The maximum absolute atomic E-state index is 13.0. The summed E-state index contributed by atoms with van der Waals surface area (Å²) < 4.78 is 27.8. The largest absolute Gasteiger partial charge is 0.326 e. The van der Waals surface area contributed by atoms with E-state index in [0.29, 0.717) is 18.0 Å².